The van der Waals surface area contributed by atoms with Crippen LogP contribution in [0.25, 0.3) is 0 Å². The van der Waals surface area contributed by atoms with Crippen LogP contribution in [0, 0.1) is 6.92 Å². The Kier molecular flexibility index (Phi) is 8.02. The van der Waals surface area contributed by atoms with Gasteiger partial charge in [0.05, 0.1) is 29.4 Å². The first-order valence-corrected chi connectivity index (χ1v) is 12.3. The first-order chi connectivity index (χ1) is 14.4. The van der Waals surface area contributed by atoms with Gasteiger partial charge in [-0.25, -0.2) is 13.4 Å². The number of pyridine rings is 1. The van der Waals surface area contributed by atoms with Crippen molar-refractivity contribution in [1.29, 1.82) is 0 Å². The zero-order valence-corrected chi connectivity index (χ0v) is 19.2. The minimum absolute atomic E-state index is 0.198. The quantitative estimate of drug-likeness (QED) is 0.563. The van der Waals surface area contributed by atoms with Crippen molar-refractivity contribution in [2.24, 2.45) is 0 Å². The van der Waals surface area contributed by atoms with E-state index < -0.39 is 9.84 Å². The molecule has 0 aromatic carbocycles. The van der Waals surface area contributed by atoms with Crippen LogP contribution in [0.4, 0.5) is 0 Å². The lowest BCUT2D eigenvalue weighted by atomic mass is 10.2. The fraction of sp³-hybridized carbons (Fsp3) is 0.636. The lowest BCUT2D eigenvalue weighted by Crippen LogP contribution is -2.27. The summed E-state index contributed by atoms with van der Waals surface area (Å²) < 4.78 is 33.9. The smallest absolute Gasteiger partial charge is 0.228 e. The Bertz CT molecular complexity index is 918. The Labute approximate surface area is 180 Å². The first kappa shape index (κ1) is 22.9. The summed E-state index contributed by atoms with van der Waals surface area (Å²) in [6.07, 6.45) is 9.16. The van der Waals surface area contributed by atoms with Crippen molar-refractivity contribution in [3.8, 4) is 0 Å². The third-order valence-electron chi connectivity index (χ3n) is 5.89. The van der Waals surface area contributed by atoms with E-state index in [2.05, 4.69) is 27.9 Å². The van der Waals surface area contributed by atoms with Gasteiger partial charge in [0.25, 0.3) is 0 Å². The molecule has 0 spiro atoms. The Hall–Kier alpha value is -1.77. The Morgan fingerprint density at radius 1 is 1.17 bits per heavy atom. The number of hydrogen-bond donors (Lipinski definition) is 0. The average molecular weight is 435 g/mol. The molecule has 1 aliphatic carbocycles. The third-order valence-corrected chi connectivity index (χ3v) is 8.07. The van der Waals surface area contributed by atoms with Crippen LogP contribution in [0.15, 0.2) is 29.7 Å². The maximum Gasteiger partial charge on any atom is 0.228 e. The molecule has 0 amide bonds. The Morgan fingerprint density at radius 2 is 1.90 bits per heavy atom. The highest BCUT2D eigenvalue weighted by Crippen LogP contribution is 2.28. The largest absolute Gasteiger partial charge is 0.383 e. The molecule has 0 bridgehead atoms. The lowest BCUT2D eigenvalue weighted by Gasteiger charge is -2.20. The second-order valence-electron chi connectivity index (χ2n) is 8.27. The molecule has 3 rings (SSSR count). The minimum Gasteiger partial charge on any atom is -0.383 e. The van der Waals surface area contributed by atoms with Gasteiger partial charge < -0.3 is 9.30 Å². The van der Waals surface area contributed by atoms with Gasteiger partial charge in [0.15, 0.2) is 0 Å². The van der Waals surface area contributed by atoms with E-state index in [1.165, 1.54) is 0 Å². The van der Waals surface area contributed by atoms with Gasteiger partial charge in [-0.1, -0.05) is 31.7 Å². The molecule has 1 saturated carbocycles. The van der Waals surface area contributed by atoms with E-state index in [0.29, 0.717) is 26.2 Å². The Morgan fingerprint density at radius 3 is 2.57 bits per heavy atom. The number of ether oxygens (including phenoxy) is 1. The van der Waals surface area contributed by atoms with Crippen molar-refractivity contribution in [1.82, 2.24) is 19.4 Å². The van der Waals surface area contributed by atoms with Crippen molar-refractivity contribution < 1.29 is 13.2 Å². The van der Waals surface area contributed by atoms with Crippen LogP contribution in [0.1, 0.15) is 55.5 Å². The van der Waals surface area contributed by atoms with Crippen LogP contribution in [0.2, 0.25) is 0 Å². The van der Waals surface area contributed by atoms with E-state index in [0.717, 1.165) is 55.5 Å². The number of imidazole rings is 1. The summed E-state index contributed by atoms with van der Waals surface area (Å²) in [6, 6.07) is 3.99. The number of aryl methyl sites for hydroxylation is 1. The maximum absolute atomic E-state index is 13.4. The SMILES string of the molecule is COCCn1c(CN(C)Cc2ncccc2C)cnc1S(=O)(=O)C1CCCCCC1. The van der Waals surface area contributed by atoms with Gasteiger partial charge in [0.1, 0.15) is 0 Å². The third kappa shape index (κ3) is 5.47. The summed E-state index contributed by atoms with van der Waals surface area (Å²) in [4.78, 5) is 11.0. The molecule has 7 nitrogen and oxygen atoms in total. The zero-order chi connectivity index (χ0) is 21.6. The van der Waals surface area contributed by atoms with E-state index in [4.69, 9.17) is 4.74 Å². The molecular formula is C22H34N4O3S. The molecule has 0 radical (unpaired) electrons. The van der Waals surface area contributed by atoms with Gasteiger partial charge in [-0.2, -0.15) is 0 Å². The van der Waals surface area contributed by atoms with Crippen molar-refractivity contribution in [2.75, 3.05) is 20.8 Å². The van der Waals surface area contributed by atoms with Crippen LogP contribution >= 0.6 is 0 Å². The minimum atomic E-state index is -3.46. The van der Waals surface area contributed by atoms with E-state index in [1.54, 1.807) is 19.5 Å². The molecule has 0 aliphatic heterocycles. The summed E-state index contributed by atoms with van der Waals surface area (Å²) in [7, 11) is 0.185. The summed E-state index contributed by atoms with van der Waals surface area (Å²) in [5, 5.41) is -0.130. The molecular weight excluding hydrogens is 400 g/mol. The molecule has 0 saturated heterocycles. The molecule has 8 heteroatoms. The molecule has 0 unspecified atom stereocenters. The van der Waals surface area contributed by atoms with E-state index in [9.17, 15) is 8.42 Å². The zero-order valence-electron chi connectivity index (χ0n) is 18.4. The topological polar surface area (TPSA) is 77.3 Å². The molecule has 1 aliphatic rings. The summed E-state index contributed by atoms with van der Waals surface area (Å²) in [6.45, 7) is 4.25. The van der Waals surface area contributed by atoms with Crippen molar-refractivity contribution in [3.63, 3.8) is 0 Å². The van der Waals surface area contributed by atoms with E-state index >= 15 is 0 Å². The van der Waals surface area contributed by atoms with Gasteiger partial charge in [-0.15, -0.1) is 0 Å². The molecule has 166 valence electrons. The fourth-order valence-electron chi connectivity index (χ4n) is 4.14. The van der Waals surface area contributed by atoms with Gasteiger partial charge in [-0.05, 0) is 38.4 Å². The predicted molar refractivity (Wildman–Crippen MR) is 117 cm³/mol. The van der Waals surface area contributed by atoms with Crippen molar-refractivity contribution in [3.05, 3.63) is 41.5 Å². The first-order valence-electron chi connectivity index (χ1n) is 10.8. The highest BCUT2D eigenvalue weighted by atomic mass is 32.2. The molecule has 2 aromatic rings. The number of aromatic nitrogens is 3. The molecule has 2 aromatic heterocycles. The lowest BCUT2D eigenvalue weighted by molar-refractivity contribution is 0.181. The monoisotopic (exact) mass is 434 g/mol. The second kappa shape index (κ2) is 10.5. The number of hydrogen-bond acceptors (Lipinski definition) is 6. The second-order valence-corrected chi connectivity index (χ2v) is 10.4. The Balaban J connectivity index is 1.83. The molecule has 2 heterocycles. The number of nitrogens with zero attached hydrogens (tertiary/aromatic N) is 4. The average Bonchev–Trinajstić information content (AvgIpc) is 2.92. The summed E-state index contributed by atoms with van der Waals surface area (Å²) in [5.74, 6) is 0. The fourth-order valence-corrected chi connectivity index (χ4v) is 6.11. The van der Waals surface area contributed by atoms with Gasteiger partial charge in [-0.3, -0.25) is 9.88 Å². The van der Waals surface area contributed by atoms with Crippen molar-refractivity contribution >= 4 is 9.84 Å². The normalized spacial score (nSPS) is 16.1. The molecule has 30 heavy (non-hydrogen) atoms. The maximum atomic E-state index is 13.4. The predicted octanol–water partition coefficient (Wildman–Crippen LogP) is 3.36. The molecule has 1 fully saturated rings. The number of sulfone groups is 1. The van der Waals surface area contributed by atoms with Crippen LogP contribution in [-0.4, -0.2) is 53.9 Å². The van der Waals surface area contributed by atoms with E-state index in [1.807, 2.05) is 17.7 Å². The summed E-state index contributed by atoms with van der Waals surface area (Å²) >= 11 is 0. The van der Waals surface area contributed by atoms with Crippen LogP contribution in [0.3, 0.4) is 0 Å². The standard InChI is InChI=1S/C22H34N4O3S/c1-18-9-8-12-23-21(18)17-25(2)16-19-15-24-22(26(19)13-14-29-3)30(27,28)20-10-6-4-5-7-11-20/h8-9,12,15,20H,4-7,10-11,13-14,16-17H2,1-3H3. The highest BCUT2D eigenvalue weighted by molar-refractivity contribution is 7.91. The highest BCUT2D eigenvalue weighted by Gasteiger charge is 2.32. The van der Waals surface area contributed by atoms with Crippen LogP contribution in [0.5, 0.6) is 0 Å². The van der Waals surface area contributed by atoms with E-state index in [-0.39, 0.29) is 10.4 Å². The number of rotatable bonds is 9. The van der Waals surface area contributed by atoms with Crippen LogP contribution in [-0.2, 0) is 34.2 Å². The van der Waals surface area contributed by atoms with Crippen LogP contribution < -0.4 is 0 Å². The van der Waals surface area contributed by atoms with Gasteiger partial charge in [0, 0.05) is 32.9 Å². The van der Waals surface area contributed by atoms with Gasteiger partial charge >= 0.3 is 0 Å². The summed E-state index contributed by atoms with van der Waals surface area (Å²) in [5.41, 5.74) is 3.05. The molecule has 0 N–H and O–H groups in total. The van der Waals surface area contributed by atoms with Crippen molar-refractivity contribution in [2.45, 2.75) is 75.5 Å². The molecule has 0 atom stereocenters. The van der Waals surface area contributed by atoms with Gasteiger partial charge in [0.2, 0.25) is 15.0 Å². The number of methoxy groups -OCH3 is 1.